The Balaban J connectivity index is 1.52. The Labute approximate surface area is 205 Å². The number of nitrogens with zero attached hydrogens (tertiary/aromatic N) is 5. The number of hydrogen-bond donors (Lipinski definition) is 3. The van der Waals surface area contributed by atoms with Gasteiger partial charge in [-0.15, -0.1) is 20.4 Å². The number of hydrogen-bond acceptors (Lipinski definition) is 9. The number of pyridine rings is 1. The number of nitrogens with one attached hydrogen (secondary N) is 3. The molecule has 3 N–H and O–H groups in total. The fourth-order valence-electron chi connectivity index (χ4n) is 2.87. The molecule has 0 fully saturated rings. The first-order valence-electron chi connectivity index (χ1n) is 11.5. The van der Waals surface area contributed by atoms with E-state index in [1.165, 1.54) is 6.20 Å². The molecule has 0 aliphatic carbocycles. The Kier molecular flexibility index (Phi) is 11.1. The summed E-state index contributed by atoms with van der Waals surface area (Å²) in [6.45, 7) is 9.25. The van der Waals surface area contributed by atoms with E-state index in [-0.39, 0.29) is 36.0 Å². The van der Waals surface area contributed by atoms with E-state index in [4.69, 9.17) is 4.74 Å². The number of amides is 3. The van der Waals surface area contributed by atoms with E-state index >= 15 is 0 Å². The van der Waals surface area contributed by atoms with Gasteiger partial charge in [0, 0.05) is 32.4 Å². The first kappa shape index (κ1) is 27.7. The van der Waals surface area contributed by atoms with Gasteiger partial charge in [-0.2, -0.15) is 0 Å². The summed E-state index contributed by atoms with van der Waals surface area (Å²) < 4.78 is 5.40. The third-order valence-electron chi connectivity index (χ3n) is 4.49. The molecule has 0 unspecified atom stereocenters. The summed E-state index contributed by atoms with van der Waals surface area (Å²) in [6, 6.07) is 3.35. The van der Waals surface area contributed by atoms with Crippen molar-refractivity contribution in [2.75, 3.05) is 31.6 Å². The van der Waals surface area contributed by atoms with Crippen LogP contribution in [0.15, 0.2) is 18.3 Å². The lowest BCUT2D eigenvalue weighted by Gasteiger charge is -2.17. The first-order valence-corrected chi connectivity index (χ1v) is 11.5. The van der Waals surface area contributed by atoms with E-state index in [1.54, 1.807) is 19.1 Å². The SMILES string of the molecule is Cc1nnc(-c2ccc(NC(=O)CCCC(=O)NCCOCCNC(=O)CC(C)(C)C)cn2)nn1. The van der Waals surface area contributed by atoms with Crippen LogP contribution >= 0.6 is 0 Å². The highest BCUT2D eigenvalue weighted by Crippen LogP contribution is 2.17. The fraction of sp³-hybridized carbons (Fsp3) is 0.565. The number of aryl methyl sites for hydroxylation is 1. The maximum Gasteiger partial charge on any atom is 0.224 e. The number of carbonyl (C=O) groups excluding carboxylic acids is 3. The van der Waals surface area contributed by atoms with Gasteiger partial charge in [-0.3, -0.25) is 19.4 Å². The highest BCUT2D eigenvalue weighted by Gasteiger charge is 2.15. The molecule has 12 nitrogen and oxygen atoms in total. The predicted molar refractivity (Wildman–Crippen MR) is 129 cm³/mol. The van der Waals surface area contributed by atoms with Crippen molar-refractivity contribution in [3.8, 4) is 11.5 Å². The highest BCUT2D eigenvalue weighted by molar-refractivity contribution is 5.91. The van der Waals surface area contributed by atoms with Crippen molar-refractivity contribution in [2.45, 2.75) is 53.4 Å². The van der Waals surface area contributed by atoms with E-state index in [0.717, 1.165) is 0 Å². The van der Waals surface area contributed by atoms with Gasteiger partial charge in [-0.05, 0) is 30.9 Å². The lowest BCUT2D eigenvalue weighted by molar-refractivity contribution is -0.123. The molecule has 190 valence electrons. The average molecular weight is 487 g/mol. The monoisotopic (exact) mass is 486 g/mol. The van der Waals surface area contributed by atoms with Crippen molar-refractivity contribution in [2.24, 2.45) is 5.41 Å². The number of ether oxygens (including phenoxy) is 1. The number of carbonyl (C=O) groups is 3. The molecule has 0 atom stereocenters. The minimum absolute atomic E-state index is 0.00123. The van der Waals surface area contributed by atoms with Crippen LogP contribution in [0, 0.1) is 12.3 Å². The van der Waals surface area contributed by atoms with Crippen molar-refractivity contribution >= 4 is 23.4 Å². The molecule has 2 aromatic rings. The van der Waals surface area contributed by atoms with Crippen molar-refractivity contribution in [1.82, 2.24) is 36.0 Å². The second kappa shape index (κ2) is 14.0. The largest absolute Gasteiger partial charge is 0.378 e. The Morgan fingerprint density at radius 2 is 1.51 bits per heavy atom. The van der Waals surface area contributed by atoms with Gasteiger partial charge in [-0.1, -0.05) is 20.8 Å². The van der Waals surface area contributed by atoms with Crippen LogP contribution in [-0.2, 0) is 19.1 Å². The molecule has 2 heterocycles. The Morgan fingerprint density at radius 1 is 0.886 bits per heavy atom. The molecule has 0 saturated heterocycles. The fourth-order valence-corrected chi connectivity index (χ4v) is 2.87. The summed E-state index contributed by atoms with van der Waals surface area (Å²) in [5, 5.41) is 23.8. The van der Waals surface area contributed by atoms with Gasteiger partial charge in [0.15, 0.2) is 5.82 Å². The van der Waals surface area contributed by atoms with Crippen LogP contribution in [0.25, 0.3) is 11.5 Å². The van der Waals surface area contributed by atoms with Gasteiger partial charge in [0.25, 0.3) is 0 Å². The van der Waals surface area contributed by atoms with Gasteiger partial charge in [-0.25, -0.2) is 0 Å². The normalized spacial score (nSPS) is 11.1. The molecule has 0 aliphatic heterocycles. The molecule has 0 bridgehead atoms. The van der Waals surface area contributed by atoms with Crippen LogP contribution in [0.2, 0.25) is 0 Å². The zero-order chi connectivity index (χ0) is 25.7. The first-order chi connectivity index (χ1) is 16.6. The van der Waals surface area contributed by atoms with Crippen molar-refractivity contribution < 1.29 is 19.1 Å². The summed E-state index contributed by atoms with van der Waals surface area (Å²) in [6.07, 6.45) is 2.81. The lowest BCUT2D eigenvalue weighted by Crippen LogP contribution is -2.31. The van der Waals surface area contributed by atoms with Gasteiger partial charge >= 0.3 is 0 Å². The summed E-state index contributed by atoms with van der Waals surface area (Å²) in [5.41, 5.74) is 0.976. The Hall–Kier alpha value is -3.54. The minimum atomic E-state index is -0.209. The van der Waals surface area contributed by atoms with E-state index in [2.05, 4.69) is 41.3 Å². The van der Waals surface area contributed by atoms with Crippen LogP contribution in [0.5, 0.6) is 0 Å². The van der Waals surface area contributed by atoms with Crippen LogP contribution in [0.4, 0.5) is 5.69 Å². The van der Waals surface area contributed by atoms with Gasteiger partial charge in [0.1, 0.15) is 5.69 Å². The second-order valence-corrected chi connectivity index (χ2v) is 9.15. The molecule has 0 spiro atoms. The van der Waals surface area contributed by atoms with E-state index in [1.807, 2.05) is 20.8 Å². The van der Waals surface area contributed by atoms with Crippen LogP contribution in [-0.4, -0.2) is 69.4 Å². The van der Waals surface area contributed by atoms with Crippen LogP contribution in [0.1, 0.15) is 52.3 Å². The molecule has 2 rings (SSSR count). The predicted octanol–water partition coefficient (Wildman–Crippen LogP) is 1.43. The number of rotatable bonds is 13. The molecule has 0 aromatic carbocycles. The topological polar surface area (TPSA) is 161 Å². The summed E-state index contributed by atoms with van der Waals surface area (Å²) in [4.78, 5) is 39.9. The minimum Gasteiger partial charge on any atom is -0.378 e. The molecular weight excluding hydrogens is 452 g/mol. The molecule has 0 saturated carbocycles. The summed E-state index contributed by atoms with van der Waals surface area (Å²) in [7, 11) is 0. The molecule has 0 aliphatic rings. The van der Waals surface area contributed by atoms with Crippen LogP contribution < -0.4 is 16.0 Å². The summed E-state index contributed by atoms with van der Waals surface area (Å²) in [5.74, 6) is 0.408. The standard InChI is InChI=1S/C23H34N8O4/c1-16-28-30-22(31-29-16)18-9-8-17(15-26-18)27-20(33)7-5-6-19(32)24-10-12-35-13-11-25-21(34)14-23(2,3)4/h8-9,15H,5-7,10-14H2,1-4H3,(H,24,32)(H,25,34)(H,27,33). The third-order valence-corrected chi connectivity index (χ3v) is 4.49. The molecular formula is C23H34N8O4. The van der Waals surface area contributed by atoms with E-state index in [9.17, 15) is 14.4 Å². The van der Waals surface area contributed by atoms with Crippen molar-refractivity contribution in [3.05, 3.63) is 24.2 Å². The maximum absolute atomic E-state index is 12.1. The second-order valence-electron chi connectivity index (χ2n) is 9.15. The van der Waals surface area contributed by atoms with Crippen molar-refractivity contribution in [3.63, 3.8) is 0 Å². The van der Waals surface area contributed by atoms with Gasteiger partial charge < -0.3 is 20.7 Å². The molecule has 12 heteroatoms. The number of anilines is 1. The Bertz CT molecular complexity index is 959. The zero-order valence-electron chi connectivity index (χ0n) is 20.8. The van der Waals surface area contributed by atoms with Gasteiger partial charge in [0.2, 0.25) is 23.5 Å². The molecule has 2 aromatic heterocycles. The number of aromatic nitrogens is 5. The van der Waals surface area contributed by atoms with E-state index < -0.39 is 0 Å². The van der Waals surface area contributed by atoms with E-state index in [0.29, 0.717) is 62.2 Å². The van der Waals surface area contributed by atoms with Crippen LogP contribution in [0.3, 0.4) is 0 Å². The van der Waals surface area contributed by atoms with Crippen molar-refractivity contribution in [1.29, 1.82) is 0 Å². The van der Waals surface area contributed by atoms with Gasteiger partial charge in [0.05, 0.1) is 25.1 Å². The highest BCUT2D eigenvalue weighted by atomic mass is 16.5. The average Bonchev–Trinajstić information content (AvgIpc) is 2.78. The molecule has 0 radical (unpaired) electrons. The smallest absolute Gasteiger partial charge is 0.224 e. The summed E-state index contributed by atoms with van der Waals surface area (Å²) >= 11 is 0. The molecule has 35 heavy (non-hydrogen) atoms. The Morgan fingerprint density at radius 3 is 2.11 bits per heavy atom. The lowest BCUT2D eigenvalue weighted by atomic mass is 9.92. The zero-order valence-corrected chi connectivity index (χ0v) is 20.8. The quantitative estimate of drug-likeness (QED) is 0.356. The third kappa shape index (κ3) is 11.9. The molecule has 3 amide bonds. The maximum atomic E-state index is 12.1.